The van der Waals surface area contributed by atoms with Gasteiger partial charge in [0.25, 0.3) is 0 Å². The van der Waals surface area contributed by atoms with Crippen LogP contribution >= 0.6 is 11.8 Å². The van der Waals surface area contributed by atoms with Gasteiger partial charge in [0, 0.05) is 17.8 Å². The molecule has 0 saturated heterocycles. The van der Waals surface area contributed by atoms with E-state index in [2.05, 4.69) is 15.5 Å². The zero-order valence-corrected chi connectivity index (χ0v) is 13.6. The first-order valence-corrected chi connectivity index (χ1v) is 8.02. The first kappa shape index (κ1) is 16.1. The molecule has 0 aliphatic heterocycles. The average Bonchev–Trinajstić information content (AvgIpc) is 3.18. The van der Waals surface area contributed by atoms with Crippen LogP contribution in [0.5, 0.6) is 0 Å². The molecule has 1 fully saturated rings. The van der Waals surface area contributed by atoms with Crippen LogP contribution in [0.25, 0.3) is 0 Å². The number of ether oxygens (including phenoxy) is 1. The molecule has 1 aliphatic rings. The minimum Gasteiger partial charge on any atom is -0.468 e. The van der Waals surface area contributed by atoms with Gasteiger partial charge >= 0.3 is 11.7 Å². The fourth-order valence-corrected chi connectivity index (χ4v) is 3.38. The van der Waals surface area contributed by atoms with Crippen molar-refractivity contribution in [2.45, 2.75) is 56.4 Å². The Labute approximate surface area is 127 Å². The van der Waals surface area contributed by atoms with Gasteiger partial charge in [0.05, 0.1) is 7.11 Å². The van der Waals surface area contributed by atoms with Gasteiger partial charge in [-0.1, -0.05) is 11.8 Å². The Morgan fingerprint density at radius 1 is 1.62 bits per heavy atom. The molecule has 118 valence electrons. The van der Waals surface area contributed by atoms with E-state index in [0.29, 0.717) is 10.9 Å². The molecule has 1 aromatic rings. The second kappa shape index (κ2) is 6.23. The van der Waals surface area contributed by atoms with Gasteiger partial charge in [-0.25, -0.2) is 9.89 Å². The summed E-state index contributed by atoms with van der Waals surface area (Å²) in [5, 5.41) is 10.4. The van der Waals surface area contributed by atoms with Crippen molar-refractivity contribution in [1.82, 2.24) is 20.1 Å². The van der Waals surface area contributed by atoms with Crippen LogP contribution in [0.4, 0.5) is 0 Å². The van der Waals surface area contributed by atoms with Gasteiger partial charge in [0.2, 0.25) is 0 Å². The number of nitrogens with one attached hydrogen (secondary N) is 2. The fraction of sp³-hybridized carbons (Fsp3) is 0.769. The predicted octanol–water partition coefficient (Wildman–Crippen LogP) is 0.928. The monoisotopic (exact) mass is 314 g/mol. The van der Waals surface area contributed by atoms with E-state index < -0.39 is 5.54 Å². The van der Waals surface area contributed by atoms with Crippen molar-refractivity contribution in [3.63, 3.8) is 0 Å². The second-order valence-corrected chi connectivity index (χ2v) is 6.77. The highest BCUT2D eigenvalue weighted by Crippen LogP contribution is 2.36. The van der Waals surface area contributed by atoms with E-state index >= 15 is 0 Å². The maximum atomic E-state index is 12.0. The van der Waals surface area contributed by atoms with Gasteiger partial charge in [0.15, 0.2) is 5.16 Å². The Hall–Kier alpha value is -1.28. The van der Waals surface area contributed by atoms with Crippen LogP contribution in [-0.2, 0) is 9.53 Å². The molecule has 7 nitrogen and oxygen atoms in total. The minimum atomic E-state index is -0.822. The van der Waals surface area contributed by atoms with Crippen molar-refractivity contribution >= 4 is 17.7 Å². The van der Waals surface area contributed by atoms with Crippen LogP contribution in [0.1, 0.15) is 39.7 Å². The van der Waals surface area contributed by atoms with Gasteiger partial charge in [-0.15, -0.1) is 5.10 Å². The summed E-state index contributed by atoms with van der Waals surface area (Å²) in [6, 6.07) is 0.390. The fourth-order valence-electron chi connectivity index (χ4n) is 2.28. The highest BCUT2D eigenvalue weighted by atomic mass is 32.2. The molecule has 1 unspecified atom stereocenters. The summed E-state index contributed by atoms with van der Waals surface area (Å²) in [6.45, 7) is 5.75. The van der Waals surface area contributed by atoms with E-state index in [9.17, 15) is 9.59 Å². The molecule has 21 heavy (non-hydrogen) atoms. The van der Waals surface area contributed by atoms with Gasteiger partial charge in [-0.3, -0.25) is 14.7 Å². The summed E-state index contributed by atoms with van der Waals surface area (Å²) in [7, 11) is 1.38. The van der Waals surface area contributed by atoms with Crippen molar-refractivity contribution in [3.8, 4) is 0 Å². The topological polar surface area (TPSA) is 89.0 Å². The normalized spacial score (nSPS) is 17.8. The second-order valence-electron chi connectivity index (χ2n) is 5.82. The Morgan fingerprint density at radius 2 is 2.29 bits per heavy atom. The smallest absolute Gasteiger partial charge is 0.344 e. The van der Waals surface area contributed by atoms with Crippen LogP contribution in [0.2, 0.25) is 0 Å². The number of carbonyl (C=O) groups is 1. The number of nitrogens with zero attached hydrogens (tertiary/aromatic N) is 2. The predicted molar refractivity (Wildman–Crippen MR) is 80.5 cm³/mol. The number of thioether (sulfide) groups is 1. The zero-order chi connectivity index (χ0) is 15.6. The molecular formula is C13H22N4O3S. The molecule has 2 N–H and O–H groups in total. The maximum Gasteiger partial charge on any atom is 0.344 e. The van der Waals surface area contributed by atoms with Crippen LogP contribution in [0.3, 0.4) is 0 Å². The lowest BCUT2D eigenvalue weighted by Gasteiger charge is -2.29. The first-order chi connectivity index (χ1) is 9.87. The van der Waals surface area contributed by atoms with Crippen molar-refractivity contribution < 1.29 is 9.53 Å². The summed E-state index contributed by atoms with van der Waals surface area (Å²) in [5.41, 5.74) is -1.01. The van der Waals surface area contributed by atoms with Gasteiger partial charge in [-0.05, 0) is 33.6 Å². The number of rotatable bonds is 7. The standard InChI is InChI=1S/C13H22N4O3S/c1-8(2)14-13(3,10(18)20-4)7-21-12-16-15-11(19)17(12)9-5-6-9/h8-9,14H,5-7H2,1-4H3,(H,15,19). The minimum absolute atomic E-state index is 0.138. The van der Waals surface area contributed by atoms with Crippen molar-refractivity contribution in [2.24, 2.45) is 0 Å². The number of carbonyl (C=O) groups excluding carboxylic acids is 1. The summed E-state index contributed by atoms with van der Waals surface area (Å²) < 4.78 is 6.57. The third kappa shape index (κ3) is 3.68. The number of hydrogen-bond donors (Lipinski definition) is 2. The molecule has 0 aromatic carbocycles. The number of methoxy groups -OCH3 is 1. The number of hydrogen-bond acceptors (Lipinski definition) is 6. The summed E-state index contributed by atoms with van der Waals surface area (Å²) >= 11 is 1.39. The Morgan fingerprint density at radius 3 is 2.81 bits per heavy atom. The molecule has 8 heteroatoms. The van der Waals surface area contributed by atoms with Gasteiger partial charge in [-0.2, -0.15) is 0 Å². The number of aromatic amines is 1. The summed E-state index contributed by atoms with van der Waals surface area (Å²) in [5.74, 6) is 0.119. The van der Waals surface area contributed by atoms with Crippen molar-refractivity contribution in [1.29, 1.82) is 0 Å². The van der Waals surface area contributed by atoms with Gasteiger partial charge in [0.1, 0.15) is 5.54 Å². The lowest BCUT2D eigenvalue weighted by atomic mass is 10.0. The first-order valence-electron chi connectivity index (χ1n) is 7.03. The van der Waals surface area contributed by atoms with Crippen molar-refractivity contribution in [3.05, 3.63) is 10.5 Å². The maximum absolute atomic E-state index is 12.0. The van der Waals surface area contributed by atoms with Crippen LogP contribution in [0.15, 0.2) is 9.95 Å². The quantitative estimate of drug-likeness (QED) is 0.575. The lowest BCUT2D eigenvalue weighted by molar-refractivity contribution is -0.147. The molecular weight excluding hydrogens is 292 g/mol. The molecule has 1 saturated carbocycles. The molecule has 1 heterocycles. The average molecular weight is 314 g/mol. The largest absolute Gasteiger partial charge is 0.468 e. The van der Waals surface area contributed by atoms with Gasteiger partial charge < -0.3 is 4.74 Å². The molecule has 0 amide bonds. The van der Waals surface area contributed by atoms with Crippen LogP contribution in [0, 0.1) is 0 Å². The molecule has 1 atom stereocenters. The lowest BCUT2D eigenvalue weighted by Crippen LogP contribution is -2.55. The Bertz CT molecular complexity index is 564. The highest BCUT2D eigenvalue weighted by Gasteiger charge is 2.36. The zero-order valence-electron chi connectivity index (χ0n) is 12.8. The van der Waals surface area contributed by atoms with Crippen LogP contribution < -0.4 is 11.0 Å². The van der Waals surface area contributed by atoms with E-state index in [1.54, 1.807) is 11.5 Å². The molecule has 0 spiro atoms. The molecule has 0 radical (unpaired) electrons. The molecule has 1 aromatic heterocycles. The van der Waals surface area contributed by atoms with E-state index in [1.165, 1.54) is 18.9 Å². The Kier molecular flexibility index (Phi) is 4.77. The molecule has 0 bridgehead atoms. The highest BCUT2D eigenvalue weighted by molar-refractivity contribution is 7.99. The third-order valence-electron chi connectivity index (χ3n) is 3.32. The number of H-pyrrole nitrogens is 1. The van der Waals surface area contributed by atoms with E-state index in [4.69, 9.17) is 4.74 Å². The summed E-state index contributed by atoms with van der Waals surface area (Å²) in [6.07, 6.45) is 2.01. The number of aromatic nitrogens is 3. The van der Waals surface area contributed by atoms with E-state index in [1.807, 2.05) is 13.8 Å². The van der Waals surface area contributed by atoms with Crippen molar-refractivity contribution in [2.75, 3.05) is 12.9 Å². The summed E-state index contributed by atoms with van der Waals surface area (Å²) in [4.78, 5) is 23.8. The van der Waals surface area contributed by atoms with Crippen LogP contribution in [-0.4, -0.2) is 45.2 Å². The Balaban J connectivity index is 2.11. The van der Waals surface area contributed by atoms with E-state index in [-0.39, 0.29) is 23.7 Å². The SMILES string of the molecule is COC(=O)C(C)(CSc1n[nH]c(=O)n1C1CC1)NC(C)C. The molecule has 2 rings (SSSR count). The number of esters is 1. The van der Waals surface area contributed by atoms with E-state index in [0.717, 1.165) is 12.8 Å². The molecule has 1 aliphatic carbocycles. The third-order valence-corrected chi connectivity index (χ3v) is 4.59.